The van der Waals surface area contributed by atoms with Gasteiger partial charge >= 0.3 is 0 Å². The van der Waals surface area contributed by atoms with Gasteiger partial charge in [0.1, 0.15) is 11.5 Å². The Bertz CT molecular complexity index is 628. The van der Waals surface area contributed by atoms with Gasteiger partial charge in [-0.25, -0.2) is 10.8 Å². The maximum atomic E-state index is 12.2. The fourth-order valence-corrected chi connectivity index (χ4v) is 2.03. The van der Waals surface area contributed by atoms with Gasteiger partial charge in [-0.05, 0) is 25.0 Å². The molecule has 0 spiro atoms. The average Bonchev–Trinajstić information content (AvgIpc) is 2.53. The van der Waals surface area contributed by atoms with E-state index in [0.29, 0.717) is 18.1 Å². The molecule has 1 aromatic carbocycles. The van der Waals surface area contributed by atoms with E-state index in [0.717, 1.165) is 23.9 Å². The van der Waals surface area contributed by atoms with E-state index < -0.39 is 0 Å². The lowest BCUT2D eigenvalue weighted by Gasteiger charge is -2.14. The van der Waals surface area contributed by atoms with Crippen LogP contribution < -0.4 is 16.6 Å². The number of anilines is 1. The van der Waals surface area contributed by atoms with Crippen LogP contribution >= 0.6 is 0 Å². The minimum atomic E-state index is -0.193. The van der Waals surface area contributed by atoms with Gasteiger partial charge in [0.05, 0.1) is 0 Å². The predicted molar refractivity (Wildman–Crippen MR) is 85.1 cm³/mol. The Labute approximate surface area is 124 Å². The quantitative estimate of drug-likeness (QED) is 0.549. The van der Waals surface area contributed by atoms with Gasteiger partial charge in [-0.2, -0.15) is 0 Å². The van der Waals surface area contributed by atoms with Crippen LogP contribution in [0.1, 0.15) is 17.4 Å². The highest BCUT2D eigenvalue weighted by molar-refractivity contribution is 6.00. The number of amides is 1. The summed E-state index contributed by atoms with van der Waals surface area (Å²) in [5.74, 6) is 5.80. The molecule has 6 heteroatoms. The number of nitrogens with two attached hydrogens (primary N) is 1. The van der Waals surface area contributed by atoms with Gasteiger partial charge in [0.2, 0.25) is 0 Å². The van der Waals surface area contributed by atoms with Crippen LogP contribution in [0.5, 0.6) is 0 Å². The second-order valence-electron chi connectivity index (χ2n) is 4.87. The lowest BCUT2D eigenvalue weighted by atomic mass is 10.1. The van der Waals surface area contributed by atoms with Crippen LogP contribution in [0.2, 0.25) is 0 Å². The van der Waals surface area contributed by atoms with E-state index in [-0.39, 0.29) is 5.91 Å². The molecule has 6 nitrogen and oxygen atoms in total. The number of aromatic nitrogens is 1. The molecule has 0 bridgehead atoms. The maximum absolute atomic E-state index is 12.2. The minimum Gasteiger partial charge on any atom is -0.349 e. The van der Waals surface area contributed by atoms with Crippen molar-refractivity contribution in [2.75, 3.05) is 32.1 Å². The Morgan fingerprint density at radius 3 is 2.86 bits per heavy atom. The van der Waals surface area contributed by atoms with Crippen molar-refractivity contribution in [1.82, 2.24) is 15.2 Å². The zero-order chi connectivity index (χ0) is 15.2. The monoisotopic (exact) mass is 287 g/mol. The molecule has 1 heterocycles. The van der Waals surface area contributed by atoms with E-state index in [9.17, 15) is 4.79 Å². The van der Waals surface area contributed by atoms with Crippen molar-refractivity contribution in [3.63, 3.8) is 0 Å². The highest BCUT2D eigenvalue weighted by atomic mass is 16.1. The molecule has 21 heavy (non-hydrogen) atoms. The van der Waals surface area contributed by atoms with Crippen molar-refractivity contribution in [3.8, 4) is 0 Å². The second-order valence-corrected chi connectivity index (χ2v) is 4.87. The van der Waals surface area contributed by atoms with Crippen molar-refractivity contribution in [2.45, 2.75) is 6.92 Å². The van der Waals surface area contributed by atoms with Gasteiger partial charge in [0, 0.05) is 18.5 Å². The molecule has 1 amide bonds. The molecule has 2 rings (SSSR count). The van der Waals surface area contributed by atoms with Crippen molar-refractivity contribution in [2.24, 2.45) is 5.84 Å². The van der Waals surface area contributed by atoms with Crippen molar-refractivity contribution in [1.29, 1.82) is 0 Å². The zero-order valence-electron chi connectivity index (χ0n) is 12.4. The molecule has 0 aliphatic rings. The number of carbonyl (C=O) groups excluding carboxylic acids is 1. The fraction of sp³-hybridized carbons (Fsp3) is 0.333. The normalized spacial score (nSPS) is 10.9. The first-order chi connectivity index (χ1) is 10.2. The van der Waals surface area contributed by atoms with E-state index in [1.54, 1.807) is 6.07 Å². The van der Waals surface area contributed by atoms with E-state index in [1.165, 1.54) is 0 Å². The van der Waals surface area contributed by atoms with Crippen molar-refractivity contribution < 1.29 is 4.79 Å². The van der Waals surface area contributed by atoms with Crippen LogP contribution in [0.4, 0.5) is 5.82 Å². The van der Waals surface area contributed by atoms with E-state index in [1.807, 2.05) is 31.3 Å². The molecule has 112 valence electrons. The van der Waals surface area contributed by atoms with Gasteiger partial charge in [-0.15, -0.1) is 0 Å². The maximum Gasteiger partial charge on any atom is 0.270 e. The van der Waals surface area contributed by atoms with Crippen LogP contribution in [-0.4, -0.2) is 42.5 Å². The van der Waals surface area contributed by atoms with Crippen LogP contribution in [0, 0.1) is 0 Å². The second kappa shape index (κ2) is 7.01. The topological polar surface area (TPSA) is 83.3 Å². The summed E-state index contributed by atoms with van der Waals surface area (Å²) in [6.07, 6.45) is 0. The average molecular weight is 287 g/mol. The molecule has 0 aliphatic heterocycles. The van der Waals surface area contributed by atoms with Gasteiger partial charge in [-0.3, -0.25) is 4.79 Å². The highest BCUT2D eigenvalue weighted by Crippen LogP contribution is 2.21. The number of hydrogen-bond acceptors (Lipinski definition) is 5. The number of pyridine rings is 1. The molecular weight excluding hydrogens is 266 g/mol. The molecule has 4 N–H and O–H groups in total. The van der Waals surface area contributed by atoms with E-state index in [4.69, 9.17) is 5.84 Å². The summed E-state index contributed by atoms with van der Waals surface area (Å²) < 4.78 is 0. The van der Waals surface area contributed by atoms with E-state index in [2.05, 4.69) is 27.6 Å². The third-order valence-corrected chi connectivity index (χ3v) is 3.43. The summed E-state index contributed by atoms with van der Waals surface area (Å²) in [5.41, 5.74) is 2.91. The fourth-order valence-electron chi connectivity index (χ4n) is 2.03. The summed E-state index contributed by atoms with van der Waals surface area (Å²) in [6.45, 7) is 4.41. The number of nitrogens with one attached hydrogen (secondary N) is 2. The number of likely N-dealkylation sites (N-methyl/N-ethyl adjacent to an activating group) is 1. The van der Waals surface area contributed by atoms with Gasteiger partial charge in [-0.1, -0.05) is 31.2 Å². The molecule has 0 unspecified atom stereocenters. The third-order valence-electron chi connectivity index (χ3n) is 3.43. The Balaban J connectivity index is 2.16. The first kappa shape index (κ1) is 15.2. The molecule has 0 atom stereocenters. The Morgan fingerprint density at radius 1 is 1.38 bits per heavy atom. The number of nitrogens with zero attached hydrogens (tertiary/aromatic N) is 2. The van der Waals surface area contributed by atoms with E-state index >= 15 is 0 Å². The SMILES string of the molecule is CCN(C)CCNC(=O)c1cc2ccccc2c(NN)n1. The summed E-state index contributed by atoms with van der Waals surface area (Å²) in [6, 6.07) is 9.44. The first-order valence-electron chi connectivity index (χ1n) is 6.99. The molecule has 0 saturated heterocycles. The van der Waals surface area contributed by atoms with Gasteiger partial charge in [0.15, 0.2) is 0 Å². The number of benzene rings is 1. The Hall–Kier alpha value is -2.18. The third kappa shape index (κ3) is 3.68. The zero-order valence-corrected chi connectivity index (χ0v) is 12.4. The van der Waals surface area contributed by atoms with Gasteiger partial charge in [0.25, 0.3) is 5.91 Å². The lowest BCUT2D eigenvalue weighted by Crippen LogP contribution is -2.33. The smallest absolute Gasteiger partial charge is 0.270 e. The predicted octanol–water partition coefficient (Wildman–Crippen LogP) is 1.20. The molecule has 1 aromatic heterocycles. The van der Waals surface area contributed by atoms with Crippen LogP contribution in [-0.2, 0) is 0 Å². The number of carbonyl (C=O) groups is 1. The molecule has 0 fully saturated rings. The van der Waals surface area contributed by atoms with Crippen LogP contribution in [0.15, 0.2) is 30.3 Å². The van der Waals surface area contributed by atoms with Gasteiger partial charge < -0.3 is 15.6 Å². The number of hydrazine groups is 1. The van der Waals surface area contributed by atoms with Crippen molar-refractivity contribution >= 4 is 22.5 Å². The first-order valence-corrected chi connectivity index (χ1v) is 6.99. The number of hydrogen-bond donors (Lipinski definition) is 3. The van der Waals surface area contributed by atoms with Crippen LogP contribution in [0.25, 0.3) is 10.8 Å². The summed E-state index contributed by atoms with van der Waals surface area (Å²) in [7, 11) is 2.01. The largest absolute Gasteiger partial charge is 0.349 e. The standard InChI is InChI=1S/C15H21N5O/c1-3-20(2)9-8-17-15(21)13-10-11-6-4-5-7-12(11)14(18-13)19-16/h4-7,10H,3,8-9,16H2,1-2H3,(H,17,21)(H,18,19). The summed E-state index contributed by atoms with van der Waals surface area (Å²) in [4.78, 5) is 18.6. The lowest BCUT2D eigenvalue weighted by molar-refractivity contribution is 0.0945. The van der Waals surface area contributed by atoms with Crippen molar-refractivity contribution in [3.05, 3.63) is 36.0 Å². The molecule has 0 radical (unpaired) electrons. The highest BCUT2D eigenvalue weighted by Gasteiger charge is 2.11. The molecule has 2 aromatic rings. The number of nitrogen functional groups attached to an aromatic ring is 1. The van der Waals surface area contributed by atoms with Crippen LogP contribution in [0.3, 0.4) is 0 Å². The summed E-state index contributed by atoms with van der Waals surface area (Å²) >= 11 is 0. The minimum absolute atomic E-state index is 0.193. The molecule has 0 saturated carbocycles. The summed E-state index contributed by atoms with van der Waals surface area (Å²) in [5, 5.41) is 4.69. The molecule has 0 aliphatic carbocycles. The number of fused-ring (bicyclic) bond motifs is 1. The Kier molecular flexibility index (Phi) is 5.08. The Morgan fingerprint density at radius 2 is 2.14 bits per heavy atom. The molecular formula is C15H21N5O. The number of rotatable bonds is 6.